The molecule has 7 heteroatoms. The van der Waals surface area contributed by atoms with E-state index < -0.39 is 10.0 Å². The monoisotopic (exact) mass is 360 g/mol. The topological polar surface area (TPSA) is 49.4 Å². The summed E-state index contributed by atoms with van der Waals surface area (Å²) >= 11 is 6.39. The zero-order valence-electron chi connectivity index (χ0n) is 13.1. The lowest BCUT2D eigenvalue weighted by atomic mass is 10.3. The summed E-state index contributed by atoms with van der Waals surface area (Å²) in [5.41, 5.74) is 0. The number of rotatable bonds is 9. The molecule has 0 aliphatic rings. The molecule has 0 radical (unpaired) electrons. The van der Waals surface area contributed by atoms with Gasteiger partial charge in [0.15, 0.2) is 4.32 Å². The molecule has 0 fully saturated rings. The fraction of sp³-hybridized carbons (Fsp3) is 0.533. The van der Waals surface area contributed by atoms with E-state index in [2.05, 4.69) is 22.9 Å². The number of benzene rings is 1. The molecule has 0 unspecified atom stereocenters. The molecule has 4 nitrogen and oxygen atoms in total. The Bertz CT molecular complexity index is 539. The number of hydrogen-bond acceptors (Lipinski definition) is 4. The summed E-state index contributed by atoms with van der Waals surface area (Å²) in [5, 5.41) is 0. The van der Waals surface area contributed by atoms with Gasteiger partial charge >= 0.3 is 0 Å². The third-order valence-electron chi connectivity index (χ3n) is 3.11. The van der Waals surface area contributed by atoms with Crippen LogP contribution < -0.4 is 4.13 Å². The van der Waals surface area contributed by atoms with Crippen molar-refractivity contribution in [1.82, 2.24) is 9.03 Å². The fourth-order valence-corrected chi connectivity index (χ4v) is 4.22. The molecule has 0 aromatic heterocycles. The van der Waals surface area contributed by atoms with Crippen molar-refractivity contribution in [2.75, 3.05) is 13.1 Å². The van der Waals surface area contributed by atoms with Gasteiger partial charge in [-0.15, -0.1) is 4.13 Å². The normalized spacial score (nSPS) is 11.4. The largest absolute Gasteiger partial charge is 0.356 e. The van der Waals surface area contributed by atoms with Crippen LogP contribution in [0.1, 0.15) is 39.5 Å². The first-order chi connectivity index (χ1) is 10.5. The Labute approximate surface area is 143 Å². The van der Waals surface area contributed by atoms with Crippen molar-refractivity contribution in [2.24, 2.45) is 0 Å². The van der Waals surface area contributed by atoms with Gasteiger partial charge in [-0.1, -0.05) is 57.1 Å². The van der Waals surface area contributed by atoms with Crippen molar-refractivity contribution in [3.8, 4) is 0 Å². The molecule has 0 atom stereocenters. The van der Waals surface area contributed by atoms with E-state index >= 15 is 0 Å². The Morgan fingerprint density at radius 3 is 2.18 bits per heavy atom. The summed E-state index contributed by atoms with van der Waals surface area (Å²) in [4.78, 5) is 2.33. The Morgan fingerprint density at radius 2 is 1.68 bits per heavy atom. The van der Waals surface area contributed by atoms with Crippen LogP contribution in [-0.4, -0.2) is 30.7 Å². The summed E-state index contributed by atoms with van der Waals surface area (Å²) in [6.07, 6.45) is 4.28. The molecule has 0 saturated carbocycles. The van der Waals surface area contributed by atoms with Crippen LogP contribution in [0.2, 0.25) is 0 Å². The molecule has 0 heterocycles. The number of sulfonamides is 1. The van der Waals surface area contributed by atoms with E-state index in [9.17, 15) is 8.42 Å². The van der Waals surface area contributed by atoms with Crippen molar-refractivity contribution < 1.29 is 8.42 Å². The number of hydrogen-bond donors (Lipinski definition) is 1. The minimum absolute atomic E-state index is 0.249. The smallest absolute Gasteiger partial charge is 0.250 e. The molecule has 1 aromatic rings. The molecule has 0 bridgehead atoms. The molecule has 1 rings (SSSR count). The van der Waals surface area contributed by atoms with Gasteiger partial charge in [0.1, 0.15) is 0 Å². The predicted octanol–water partition coefficient (Wildman–Crippen LogP) is 3.80. The van der Waals surface area contributed by atoms with Crippen molar-refractivity contribution in [3.05, 3.63) is 30.3 Å². The first-order valence-electron chi connectivity index (χ1n) is 7.53. The molecule has 0 aliphatic carbocycles. The second-order valence-electron chi connectivity index (χ2n) is 4.96. The molecule has 0 spiro atoms. The minimum atomic E-state index is -3.53. The first kappa shape index (κ1) is 19.4. The van der Waals surface area contributed by atoms with E-state index in [-0.39, 0.29) is 4.90 Å². The van der Waals surface area contributed by atoms with Crippen LogP contribution in [0.15, 0.2) is 35.2 Å². The van der Waals surface area contributed by atoms with E-state index in [4.69, 9.17) is 12.2 Å². The highest BCUT2D eigenvalue weighted by Crippen LogP contribution is 2.14. The average Bonchev–Trinajstić information content (AvgIpc) is 2.54. The van der Waals surface area contributed by atoms with Gasteiger partial charge in [-0.2, -0.15) is 0 Å². The maximum Gasteiger partial charge on any atom is 0.250 e. The lowest BCUT2D eigenvalue weighted by Gasteiger charge is -2.24. The van der Waals surface area contributed by atoms with Gasteiger partial charge in [-0.3, -0.25) is 0 Å². The number of nitrogens with zero attached hydrogens (tertiary/aromatic N) is 1. The second-order valence-corrected chi connectivity index (χ2v) is 8.34. The summed E-state index contributed by atoms with van der Waals surface area (Å²) in [6, 6.07) is 8.32. The third kappa shape index (κ3) is 6.64. The van der Waals surface area contributed by atoms with Crippen LogP contribution in [-0.2, 0) is 10.0 Å². The van der Waals surface area contributed by atoms with Crippen molar-refractivity contribution in [2.45, 2.75) is 44.4 Å². The molecule has 0 amide bonds. The zero-order valence-corrected chi connectivity index (χ0v) is 15.6. The molecule has 22 heavy (non-hydrogen) atoms. The van der Waals surface area contributed by atoms with Crippen LogP contribution in [0.25, 0.3) is 0 Å². The van der Waals surface area contributed by atoms with E-state index in [1.807, 2.05) is 0 Å². The van der Waals surface area contributed by atoms with Crippen LogP contribution in [0.5, 0.6) is 0 Å². The highest BCUT2D eigenvalue weighted by Gasteiger charge is 2.17. The van der Waals surface area contributed by atoms with Gasteiger partial charge in [-0.25, -0.2) is 8.42 Å². The van der Waals surface area contributed by atoms with Gasteiger partial charge in [0.05, 0.1) is 4.90 Å². The Balaban J connectivity index is 2.61. The predicted molar refractivity (Wildman–Crippen MR) is 98.3 cm³/mol. The van der Waals surface area contributed by atoms with Gasteiger partial charge in [0, 0.05) is 25.0 Å². The lowest BCUT2D eigenvalue weighted by molar-refractivity contribution is 0.410. The Morgan fingerprint density at radius 1 is 1.14 bits per heavy atom. The standard InChI is InChI=1S/C15H24N2O2S3/c1-3-5-12-17(13-6-4-2)15(20)21-16-22(18,19)14-10-8-7-9-11-14/h7-11,16H,3-6,12-13H2,1-2H3. The van der Waals surface area contributed by atoms with Gasteiger partial charge in [-0.05, 0) is 25.0 Å². The minimum Gasteiger partial charge on any atom is -0.356 e. The molecular weight excluding hydrogens is 336 g/mol. The van der Waals surface area contributed by atoms with Crippen LogP contribution >= 0.6 is 24.2 Å². The second kappa shape index (κ2) is 10.2. The maximum atomic E-state index is 12.2. The number of nitrogens with one attached hydrogen (secondary N) is 1. The quantitative estimate of drug-likeness (QED) is 0.536. The summed E-state index contributed by atoms with van der Waals surface area (Å²) in [5.74, 6) is 0. The lowest BCUT2D eigenvalue weighted by Crippen LogP contribution is -2.32. The van der Waals surface area contributed by atoms with Crippen LogP contribution in [0, 0.1) is 0 Å². The van der Waals surface area contributed by atoms with Crippen LogP contribution in [0.3, 0.4) is 0 Å². The van der Waals surface area contributed by atoms with E-state index in [1.54, 1.807) is 30.3 Å². The summed E-state index contributed by atoms with van der Waals surface area (Å²) in [7, 11) is -3.53. The molecular formula is C15H24N2O2S3. The van der Waals surface area contributed by atoms with Crippen molar-refractivity contribution >= 4 is 38.5 Å². The first-order valence-corrected chi connectivity index (χ1v) is 10.2. The van der Waals surface area contributed by atoms with E-state index in [0.717, 1.165) is 50.7 Å². The van der Waals surface area contributed by atoms with Gasteiger partial charge in [0.25, 0.3) is 0 Å². The van der Waals surface area contributed by atoms with Crippen LogP contribution in [0.4, 0.5) is 0 Å². The molecule has 0 aliphatic heterocycles. The maximum absolute atomic E-state index is 12.2. The van der Waals surface area contributed by atoms with E-state index in [0.29, 0.717) is 4.32 Å². The third-order valence-corrected chi connectivity index (χ3v) is 6.16. The molecule has 124 valence electrons. The highest BCUT2D eigenvalue weighted by atomic mass is 32.3. The summed E-state index contributed by atoms with van der Waals surface area (Å²) in [6.45, 7) is 6.00. The highest BCUT2D eigenvalue weighted by molar-refractivity contribution is 8.26. The molecule has 0 saturated heterocycles. The average molecular weight is 361 g/mol. The SMILES string of the molecule is CCCCN(CCCC)C(=S)SNS(=O)(=O)c1ccccc1. The summed E-state index contributed by atoms with van der Waals surface area (Å²) < 4.78 is 27.5. The fourth-order valence-electron chi connectivity index (χ4n) is 1.80. The molecule has 1 N–H and O–H groups in total. The van der Waals surface area contributed by atoms with Crippen molar-refractivity contribution in [3.63, 3.8) is 0 Å². The molecule has 1 aromatic carbocycles. The Kier molecular flexibility index (Phi) is 9.00. The zero-order chi connectivity index (χ0) is 16.4. The van der Waals surface area contributed by atoms with E-state index in [1.165, 1.54) is 0 Å². The number of thiocarbonyl (C=S) groups is 1. The van der Waals surface area contributed by atoms with Gasteiger partial charge in [0.2, 0.25) is 10.0 Å². The van der Waals surface area contributed by atoms with Crippen molar-refractivity contribution in [1.29, 1.82) is 0 Å². The van der Waals surface area contributed by atoms with Gasteiger partial charge < -0.3 is 4.90 Å². The Hall–Kier alpha value is -0.630. The number of unbranched alkanes of at least 4 members (excludes halogenated alkanes) is 2.